The molecule has 0 aliphatic carbocycles. The van der Waals surface area contributed by atoms with E-state index in [4.69, 9.17) is 15.2 Å². The minimum Gasteiger partial charge on any atom is -0.463 e. The van der Waals surface area contributed by atoms with Gasteiger partial charge in [0.1, 0.15) is 24.9 Å². The summed E-state index contributed by atoms with van der Waals surface area (Å²) >= 11 is 0. The van der Waals surface area contributed by atoms with E-state index < -0.39 is 30.6 Å². The van der Waals surface area contributed by atoms with Crippen LogP contribution in [0.5, 0.6) is 0 Å². The number of aliphatic hydroxyl groups is 3. The third-order valence-corrected chi connectivity index (χ3v) is 5.16. The molecular weight excluding hydrogens is 350 g/mol. The van der Waals surface area contributed by atoms with Crippen LogP contribution in [-0.4, -0.2) is 58.5 Å². The Kier molecular flexibility index (Phi) is 12.9. The van der Waals surface area contributed by atoms with Crippen molar-refractivity contribution in [3.63, 3.8) is 0 Å². The second-order valence-electron chi connectivity index (χ2n) is 7.59. The SMILES string of the molecule is CCCCCCCCCCCCCC(=O)OC[C@H]1OC(O)[C@H](N)[C@@H](O)[C@@H]1O. The highest BCUT2D eigenvalue weighted by molar-refractivity contribution is 5.69. The first kappa shape index (κ1) is 24.3. The fourth-order valence-electron chi connectivity index (χ4n) is 3.29. The van der Waals surface area contributed by atoms with Crippen molar-refractivity contribution in [1.82, 2.24) is 0 Å². The molecule has 1 fully saturated rings. The van der Waals surface area contributed by atoms with E-state index in [1.54, 1.807) is 0 Å². The summed E-state index contributed by atoms with van der Waals surface area (Å²) < 4.78 is 10.2. The fourth-order valence-corrected chi connectivity index (χ4v) is 3.29. The van der Waals surface area contributed by atoms with Crippen LogP contribution in [0.1, 0.15) is 84.0 Å². The Morgan fingerprint density at radius 3 is 1.96 bits per heavy atom. The van der Waals surface area contributed by atoms with Gasteiger partial charge in [0.25, 0.3) is 0 Å². The van der Waals surface area contributed by atoms with E-state index >= 15 is 0 Å². The number of carbonyl (C=O) groups is 1. The Morgan fingerprint density at radius 1 is 0.889 bits per heavy atom. The molecule has 160 valence electrons. The van der Waals surface area contributed by atoms with Gasteiger partial charge in [0, 0.05) is 6.42 Å². The van der Waals surface area contributed by atoms with Crippen molar-refractivity contribution in [3.8, 4) is 0 Å². The number of aliphatic hydroxyl groups excluding tert-OH is 3. The number of rotatable bonds is 14. The Hall–Kier alpha value is -0.730. The lowest BCUT2D eigenvalue weighted by molar-refractivity contribution is -0.251. The summed E-state index contributed by atoms with van der Waals surface area (Å²) in [7, 11) is 0. The maximum Gasteiger partial charge on any atom is 0.305 e. The van der Waals surface area contributed by atoms with Crippen LogP contribution in [0, 0.1) is 0 Å². The van der Waals surface area contributed by atoms with Gasteiger partial charge in [0.05, 0.1) is 6.04 Å². The first-order valence-corrected chi connectivity index (χ1v) is 10.6. The minimum atomic E-state index is -1.39. The van der Waals surface area contributed by atoms with E-state index in [1.807, 2.05) is 0 Å². The molecule has 27 heavy (non-hydrogen) atoms. The molecule has 0 bridgehead atoms. The smallest absolute Gasteiger partial charge is 0.305 e. The van der Waals surface area contributed by atoms with Crippen molar-refractivity contribution >= 4 is 5.97 Å². The molecule has 0 amide bonds. The van der Waals surface area contributed by atoms with Crippen molar-refractivity contribution in [1.29, 1.82) is 0 Å². The molecule has 1 aliphatic rings. The van der Waals surface area contributed by atoms with E-state index in [1.165, 1.54) is 51.4 Å². The van der Waals surface area contributed by atoms with Crippen molar-refractivity contribution in [3.05, 3.63) is 0 Å². The molecule has 0 aromatic carbocycles. The van der Waals surface area contributed by atoms with Crippen molar-refractivity contribution in [2.45, 2.75) is 115 Å². The highest BCUT2D eigenvalue weighted by atomic mass is 16.6. The number of ether oxygens (including phenoxy) is 2. The Balaban J connectivity index is 1.99. The number of esters is 1. The van der Waals surface area contributed by atoms with Crippen molar-refractivity contribution in [2.24, 2.45) is 5.73 Å². The molecule has 0 radical (unpaired) electrons. The molecule has 5 atom stereocenters. The predicted octanol–water partition coefficient (Wildman–Crippen LogP) is 2.00. The molecule has 0 aromatic heterocycles. The molecule has 0 saturated carbocycles. The third kappa shape index (κ3) is 9.85. The fraction of sp³-hybridized carbons (Fsp3) is 0.950. The van der Waals surface area contributed by atoms with Gasteiger partial charge >= 0.3 is 5.97 Å². The lowest BCUT2D eigenvalue weighted by Crippen LogP contribution is -2.62. The quantitative estimate of drug-likeness (QED) is 0.265. The summed E-state index contributed by atoms with van der Waals surface area (Å²) in [5.41, 5.74) is 5.49. The molecule has 1 rings (SSSR count). The highest BCUT2D eigenvalue weighted by Crippen LogP contribution is 2.19. The molecule has 7 nitrogen and oxygen atoms in total. The van der Waals surface area contributed by atoms with Crippen LogP contribution in [0.3, 0.4) is 0 Å². The zero-order valence-electron chi connectivity index (χ0n) is 16.7. The zero-order chi connectivity index (χ0) is 20.1. The van der Waals surface area contributed by atoms with Gasteiger partial charge in [-0.25, -0.2) is 0 Å². The standard InChI is InChI=1S/C20H39NO6/c1-2-3-4-5-6-7-8-9-10-11-12-13-16(22)26-14-15-18(23)19(24)17(21)20(25)27-15/h15,17-20,23-25H,2-14,21H2,1H3/t15-,17-,18-,19-,20?/m1/s1. The number of hydrogen-bond acceptors (Lipinski definition) is 7. The lowest BCUT2D eigenvalue weighted by Gasteiger charge is -2.38. The molecule has 5 N–H and O–H groups in total. The average molecular weight is 390 g/mol. The third-order valence-electron chi connectivity index (χ3n) is 5.16. The summed E-state index contributed by atoms with van der Waals surface area (Å²) in [6.07, 6.45) is 8.69. The molecule has 1 heterocycles. The summed E-state index contributed by atoms with van der Waals surface area (Å²) in [6, 6.07) is -1.08. The van der Waals surface area contributed by atoms with Crippen molar-refractivity contribution < 1.29 is 29.6 Å². The predicted molar refractivity (Wildman–Crippen MR) is 103 cm³/mol. The first-order chi connectivity index (χ1) is 13.0. The van der Waals surface area contributed by atoms with Gasteiger partial charge in [-0.15, -0.1) is 0 Å². The molecule has 7 heteroatoms. The van der Waals surface area contributed by atoms with Gasteiger partial charge in [-0.05, 0) is 6.42 Å². The Labute approximate surface area is 163 Å². The van der Waals surface area contributed by atoms with E-state index in [0.717, 1.165) is 19.3 Å². The Morgan fingerprint density at radius 2 is 1.41 bits per heavy atom. The van der Waals surface area contributed by atoms with Gasteiger partial charge in [0.2, 0.25) is 0 Å². The maximum absolute atomic E-state index is 11.8. The van der Waals surface area contributed by atoms with Crippen LogP contribution in [0.25, 0.3) is 0 Å². The second kappa shape index (κ2) is 14.3. The average Bonchev–Trinajstić information content (AvgIpc) is 2.66. The summed E-state index contributed by atoms with van der Waals surface area (Å²) in [4.78, 5) is 11.8. The highest BCUT2D eigenvalue weighted by Gasteiger charge is 2.42. The van der Waals surface area contributed by atoms with Gasteiger partial charge in [-0.3, -0.25) is 4.79 Å². The van der Waals surface area contributed by atoms with Crippen LogP contribution in [0.15, 0.2) is 0 Å². The summed E-state index contributed by atoms with van der Waals surface area (Å²) in [6.45, 7) is 2.02. The number of hydrogen-bond donors (Lipinski definition) is 4. The molecule has 0 aromatic rings. The first-order valence-electron chi connectivity index (χ1n) is 10.6. The maximum atomic E-state index is 11.8. The number of carbonyl (C=O) groups excluding carboxylic acids is 1. The number of unbranched alkanes of at least 4 members (excludes halogenated alkanes) is 10. The molecule has 0 spiro atoms. The Bertz CT molecular complexity index is 395. The van der Waals surface area contributed by atoms with Crippen LogP contribution in [0.4, 0.5) is 0 Å². The lowest BCUT2D eigenvalue weighted by atomic mass is 9.98. The zero-order valence-corrected chi connectivity index (χ0v) is 16.7. The van der Waals surface area contributed by atoms with Crippen LogP contribution < -0.4 is 5.73 Å². The monoisotopic (exact) mass is 389 g/mol. The molecular formula is C20H39NO6. The topological polar surface area (TPSA) is 122 Å². The van der Waals surface area contributed by atoms with E-state index in [0.29, 0.717) is 6.42 Å². The van der Waals surface area contributed by atoms with Gasteiger partial charge in [-0.2, -0.15) is 0 Å². The van der Waals surface area contributed by atoms with E-state index in [9.17, 15) is 20.1 Å². The molecule has 1 aliphatic heterocycles. The largest absolute Gasteiger partial charge is 0.463 e. The van der Waals surface area contributed by atoms with Gasteiger partial charge < -0.3 is 30.5 Å². The van der Waals surface area contributed by atoms with E-state index in [-0.39, 0.29) is 12.6 Å². The van der Waals surface area contributed by atoms with Crippen molar-refractivity contribution in [2.75, 3.05) is 6.61 Å². The normalized spacial score (nSPS) is 28.3. The van der Waals surface area contributed by atoms with Gasteiger partial charge in [-0.1, -0.05) is 71.1 Å². The minimum absolute atomic E-state index is 0.209. The van der Waals surface area contributed by atoms with E-state index in [2.05, 4.69) is 6.92 Å². The van der Waals surface area contributed by atoms with Crippen LogP contribution in [-0.2, 0) is 14.3 Å². The van der Waals surface area contributed by atoms with Crippen LogP contribution >= 0.6 is 0 Å². The number of nitrogens with two attached hydrogens (primary N) is 1. The van der Waals surface area contributed by atoms with Gasteiger partial charge in [0.15, 0.2) is 6.29 Å². The summed E-state index contributed by atoms with van der Waals surface area (Å²) in [5, 5.41) is 29.1. The molecule has 1 unspecified atom stereocenters. The van der Waals surface area contributed by atoms with Crippen LogP contribution in [0.2, 0.25) is 0 Å². The second-order valence-corrected chi connectivity index (χ2v) is 7.59. The molecule has 1 saturated heterocycles. The summed E-state index contributed by atoms with van der Waals surface area (Å²) in [5.74, 6) is -0.361.